The summed E-state index contributed by atoms with van der Waals surface area (Å²) in [4.78, 5) is 23.7. The van der Waals surface area contributed by atoms with E-state index in [1.54, 1.807) is 0 Å². The van der Waals surface area contributed by atoms with Crippen molar-refractivity contribution in [3.8, 4) is 0 Å². The van der Waals surface area contributed by atoms with Crippen LogP contribution >= 0.6 is 24.0 Å². The van der Waals surface area contributed by atoms with Crippen LogP contribution in [-0.2, 0) is 16.0 Å². The molecule has 4 rings (SSSR count). The molecule has 1 aromatic rings. The van der Waals surface area contributed by atoms with Gasteiger partial charge in [-0.15, -0.1) is 24.0 Å². The van der Waals surface area contributed by atoms with Crippen molar-refractivity contribution in [1.82, 2.24) is 15.1 Å². The summed E-state index contributed by atoms with van der Waals surface area (Å²) in [5, 5.41) is 3.55. The third-order valence-corrected chi connectivity index (χ3v) is 6.32. The number of guanidine groups is 1. The molecule has 0 bridgehead atoms. The number of benzene rings is 1. The number of nitrogens with zero attached hydrogens (tertiary/aromatic N) is 4. The van der Waals surface area contributed by atoms with Gasteiger partial charge in [0.15, 0.2) is 5.96 Å². The lowest BCUT2D eigenvalue weighted by molar-refractivity contribution is -0.142. The number of halogens is 1. The Morgan fingerprint density at radius 2 is 1.93 bits per heavy atom. The van der Waals surface area contributed by atoms with Crippen LogP contribution < -0.4 is 10.2 Å². The summed E-state index contributed by atoms with van der Waals surface area (Å²) in [6.07, 6.45) is 2.76. The third kappa shape index (κ3) is 5.01. The zero-order valence-electron chi connectivity index (χ0n) is 18.0. The smallest absolute Gasteiger partial charge is 0.251 e. The molecule has 0 aromatic heterocycles. The van der Waals surface area contributed by atoms with Crippen molar-refractivity contribution in [3.05, 3.63) is 29.8 Å². The molecule has 2 saturated heterocycles. The minimum absolute atomic E-state index is 0. The summed E-state index contributed by atoms with van der Waals surface area (Å²) in [7, 11) is 1.84. The van der Waals surface area contributed by atoms with Crippen molar-refractivity contribution in [3.63, 3.8) is 0 Å². The Kier molecular flexibility index (Phi) is 8.21. The number of ether oxygens (including phenoxy) is 1. The minimum atomic E-state index is -0.219. The largest absolute Gasteiger partial charge is 0.368 e. The lowest BCUT2D eigenvalue weighted by atomic mass is 10.2. The van der Waals surface area contributed by atoms with E-state index in [9.17, 15) is 4.79 Å². The predicted molar refractivity (Wildman–Crippen MR) is 131 cm³/mol. The van der Waals surface area contributed by atoms with Crippen molar-refractivity contribution in [2.24, 2.45) is 4.99 Å². The van der Waals surface area contributed by atoms with E-state index < -0.39 is 0 Å². The number of aliphatic imine (C=N–C) groups is 1. The maximum absolute atomic E-state index is 12.5. The molecular formula is C22H34IN5O2. The first-order chi connectivity index (χ1) is 14.2. The van der Waals surface area contributed by atoms with E-state index in [0.717, 1.165) is 64.5 Å². The zero-order chi connectivity index (χ0) is 20.2. The van der Waals surface area contributed by atoms with Crippen LogP contribution in [0.1, 0.15) is 25.3 Å². The van der Waals surface area contributed by atoms with Crippen molar-refractivity contribution in [1.29, 1.82) is 0 Å². The highest BCUT2D eigenvalue weighted by molar-refractivity contribution is 14.0. The van der Waals surface area contributed by atoms with E-state index in [4.69, 9.17) is 4.74 Å². The number of fused-ring (bicyclic) bond motifs is 1. The molecule has 3 aliphatic rings. The summed E-state index contributed by atoms with van der Waals surface area (Å²) < 4.78 is 5.56. The van der Waals surface area contributed by atoms with Gasteiger partial charge in [-0.05, 0) is 37.8 Å². The maximum atomic E-state index is 12.5. The highest BCUT2D eigenvalue weighted by Crippen LogP contribution is 2.28. The van der Waals surface area contributed by atoms with Crippen LogP contribution in [0.15, 0.2) is 29.3 Å². The minimum Gasteiger partial charge on any atom is -0.368 e. The standard InChI is InChI=1S/C22H33N5O2.HI/c1-17(27-10-9-18-6-3-4-7-19(18)27)16-24-22(23-2)26-13-11-25(12-14-26)21(28)20-8-5-15-29-20;/h3-4,6-7,17,20H,5,8-16H2,1-2H3,(H,23,24);1H. The van der Waals surface area contributed by atoms with E-state index in [1.807, 2.05) is 11.9 Å². The van der Waals surface area contributed by atoms with Crippen molar-refractivity contribution >= 4 is 41.5 Å². The van der Waals surface area contributed by atoms with Crippen LogP contribution in [0.2, 0.25) is 0 Å². The highest BCUT2D eigenvalue weighted by atomic mass is 127. The zero-order valence-corrected chi connectivity index (χ0v) is 20.4. The van der Waals surface area contributed by atoms with Gasteiger partial charge < -0.3 is 24.8 Å². The third-order valence-electron chi connectivity index (χ3n) is 6.32. The number of anilines is 1. The predicted octanol–water partition coefficient (Wildman–Crippen LogP) is 1.95. The average Bonchev–Trinajstić information content (AvgIpc) is 3.44. The van der Waals surface area contributed by atoms with Crippen molar-refractivity contribution < 1.29 is 9.53 Å². The Morgan fingerprint density at radius 3 is 2.63 bits per heavy atom. The monoisotopic (exact) mass is 527 g/mol. The Balaban J connectivity index is 0.00000256. The van der Waals surface area contributed by atoms with Gasteiger partial charge >= 0.3 is 0 Å². The Hall–Kier alpha value is -1.55. The van der Waals surface area contributed by atoms with Crippen LogP contribution in [0.25, 0.3) is 0 Å². The van der Waals surface area contributed by atoms with Gasteiger partial charge in [0.1, 0.15) is 6.10 Å². The second kappa shape index (κ2) is 10.7. The van der Waals surface area contributed by atoms with E-state index in [0.29, 0.717) is 12.6 Å². The van der Waals surface area contributed by atoms with Crippen LogP contribution in [0, 0.1) is 0 Å². The molecule has 166 valence electrons. The van der Waals surface area contributed by atoms with Gasteiger partial charge in [-0.25, -0.2) is 0 Å². The number of piperazine rings is 1. The molecule has 8 heteroatoms. The van der Waals surface area contributed by atoms with Gasteiger partial charge in [0.25, 0.3) is 5.91 Å². The highest BCUT2D eigenvalue weighted by Gasteiger charge is 2.31. The summed E-state index contributed by atoms with van der Waals surface area (Å²) in [6.45, 7) is 7.97. The molecule has 1 N–H and O–H groups in total. The maximum Gasteiger partial charge on any atom is 0.251 e. The molecule has 2 unspecified atom stereocenters. The summed E-state index contributed by atoms with van der Waals surface area (Å²) in [6, 6.07) is 9.08. The molecule has 1 amide bonds. The second-order valence-electron chi connectivity index (χ2n) is 8.16. The van der Waals surface area contributed by atoms with Gasteiger partial charge in [0.05, 0.1) is 0 Å². The van der Waals surface area contributed by atoms with Crippen LogP contribution in [0.4, 0.5) is 5.69 Å². The number of carbonyl (C=O) groups excluding carboxylic acids is 1. The molecule has 1 aromatic carbocycles. The topological polar surface area (TPSA) is 60.4 Å². The number of carbonyl (C=O) groups is 1. The lowest BCUT2D eigenvalue weighted by Crippen LogP contribution is -2.56. The molecular weight excluding hydrogens is 493 g/mol. The first kappa shape index (κ1) is 23.1. The van der Waals surface area contributed by atoms with Gasteiger partial charge in [-0.1, -0.05) is 18.2 Å². The summed E-state index contributed by atoms with van der Waals surface area (Å²) in [5.74, 6) is 1.08. The fraction of sp³-hybridized carbons (Fsp3) is 0.636. The van der Waals surface area contributed by atoms with Crippen LogP contribution in [0.3, 0.4) is 0 Å². The quantitative estimate of drug-likeness (QED) is 0.369. The molecule has 0 saturated carbocycles. The van der Waals surface area contributed by atoms with E-state index in [1.165, 1.54) is 11.3 Å². The van der Waals surface area contributed by atoms with Gasteiger partial charge in [-0.2, -0.15) is 0 Å². The Bertz CT molecular complexity index is 745. The first-order valence-corrected chi connectivity index (χ1v) is 10.9. The first-order valence-electron chi connectivity index (χ1n) is 10.9. The Morgan fingerprint density at radius 1 is 1.20 bits per heavy atom. The molecule has 7 nitrogen and oxygen atoms in total. The van der Waals surface area contributed by atoms with Crippen molar-refractivity contribution in [2.75, 3.05) is 57.8 Å². The summed E-state index contributed by atoms with van der Waals surface area (Å²) in [5.41, 5.74) is 2.80. The molecule has 3 aliphatic heterocycles. The SMILES string of the molecule is CN=C(NCC(C)N1CCc2ccccc21)N1CCN(C(=O)C2CCCO2)CC1.I. The average molecular weight is 527 g/mol. The number of hydrogen-bond acceptors (Lipinski definition) is 4. The van der Waals surface area contributed by atoms with Crippen LogP contribution in [0.5, 0.6) is 0 Å². The second-order valence-corrected chi connectivity index (χ2v) is 8.16. The molecule has 0 spiro atoms. The van der Waals surface area contributed by atoms with Gasteiger partial charge in [0.2, 0.25) is 0 Å². The summed E-state index contributed by atoms with van der Waals surface area (Å²) >= 11 is 0. The molecule has 2 fully saturated rings. The number of rotatable bonds is 4. The van der Waals surface area contributed by atoms with E-state index in [-0.39, 0.29) is 36.0 Å². The number of hydrogen-bond donors (Lipinski definition) is 1. The normalized spacial score (nSPS) is 22.5. The number of para-hydroxylation sites is 1. The number of nitrogens with one attached hydrogen (secondary N) is 1. The molecule has 30 heavy (non-hydrogen) atoms. The van der Waals surface area contributed by atoms with Crippen molar-refractivity contribution in [2.45, 2.75) is 38.3 Å². The number of amides is 1. The fourth-order valence-corrected chi connectivity index (χ4v) is 4.62. The van der Waals surface area contributed by atoms with Crippen LogP contribution in [-0.4, -0.2) is 86.7 Å². The fourth-order valence-electron chi connectivity index (χ4n) is 4.62. The molecule has 0 radical (unpaired) electrons. The molecule has 0 aliphatic carbocycles. The lowest BCUT2D eigenvalue weighted by Gasteiger charge is -2.38. The van der Waals surface area contributed by atoms with Gasteiger partial charge in [-0.3, -0.25) is 9.79 Å². The molecule has 3 heterocycles. The van der Waals surface area contributed by atoms with Gasteiger partial charge in [0, 0.05) is 64.7 Å². The van der Waals surface area contributed by atoms with E-state index in [2.05, 4.69) is 51.3 Å². The molecule has 2 atom stereocenters. The Labute approximate surface area is 196 Å². The van der Waals surface area contributed by atoms with E-state index >= 15 is 0 Å².